The summed E-state index contributed by atoms with van der Waals surface area (Å²) in [4.78, 5) is 21.2. The Balaban J connectivity index is 1.35. The van der Waals surface area contributed by atoms with Crippen LogP contribution in [0.25, 0.3) is 0 Å². The van der Waals surface area contributed by atoms with Crippen molar-refractivity contribution < 1.29 is 14.3 Å². The van der Waals surface area contributed by atoms with E-state index in [4.69, 9.17) is 9.47 Å². The van der Waals surface area contributed by atoms with Gasteiger partial charge in [-0.05, 0) is 25.0 Å². The van der Waals surface area contributed by atoms with Crippen LogP contribution in [0, 0.1) is 0 Å². The molecule has 1 fully saturated rings. The van der Waals surface area contributed by atoms with Crippen LogP contribution in [-0.4, -0.2) is 73.6 Å². The zero-order valence-electron chi connectivity index (χ0n) is 14.7. The van der Waals surface area contributed by atoms with E-state index in [0.29, 0.717) is 12.6 Å². The Morgan fingerprint density at radius 1 is 1.28 bits per heavy atom. The number of para-hydroxylation sites is 2. The summed E-state index contributed by atoms with van der Waals surface area (Å²) in [7, 11) is 3.79. The van der Waals surface area contributed by atoms with Gasteiger partial charge in [0.1, 0.15) is 18.2 Å². The normalized spacial score (nSPS) is 24.8. The van der Waals surface area contributed by atoms with Crippen molar-refractivity contribution in [2.45, 2.75) is 24.5 Å². The van der Waals surface area contributed by atoms with Crippen LogP contribution in [0.1, 0.15) is 12.8 Å². The fourth-order valence-electron chi connectivity index (χ4n) is 3.60. The van der Waals surface area contributed by atoms with Gasteiger partial charge in [-0.3, -0.25) is 15.0 Å². The number of likely N-dealkylation sites (tertiary alicyclic amines) is 1. The Bertz CT molecular complexity index is 695. The van der Waals surface area contributed by atoms with Crippen LogP contribution in [0.15, 0.2) is 29.3 Å². The van der Waals surface area contributed by atoms with Crippen molar-refractivity contribution >= 4 is 11.9 Å². The van der Waals surface area contributed by atoms with E-state index in [2.05, 4.69) is 15.2 Å². The number of nitrogens with one attached hydrogen (secondary N) is 1. The number of ether oxygens (including phenoxy) is 2. The molecule has 0 aliphatic carbocycles. The molecule has 1 amide bonds. The SMILES string of the molecule is CN(C)C1=NC2(CCN(C[C@H]3COc4ccccc4O3)CC2)C(=O)N1. The van der Waals surface area contributed by atoms with E-state index in [-0.39, 0.29) is 12.0 Å². The van der Waals surface area contributed by atoms with E-state index in [1.165, 1.54) is 0 Å². The topological polar surface area (TPSA) is 66.4 Å². The number of fused-ring (bicyclic) bond motifs is 1. The third-order valence-corrected chi connectivity index (χ3v) is 5.10. The number of benzene rings is 1. The molecule has 0 bridgehead atoms. The first-order valence-corrected chi connectivity index (χ1v) is 8.75. The molecule has 0 saturated carbocycles. The lowest BCUT2D eigenvalue weighted by molar-refractivity contribution is -0.125. The van der Waals surface area contributed by atoms with Crippen molar-refractivity contribution in [2.75, 3.05) is 40.3 Å². The molecule has 1 atom stereocenters. The van der Waals surface area contributed by atoms with Gasteiger partial charge in [0.15, 0.2) is 11.5 Å². The van der Waals surface area contributed by atoms with Gasteiger partial charge in [-0.1, -0.05) is 12.1 Å². The van der Waals surface area contributed by atoms with Crippen LogP contribution in [0.2, 0.25) is 0 Å². The number of guanidine groups is 1. The molecule has 134 valence electrons. The fraction of sp³-hybridized carbons (Fsp3) is 0.556. The number of piperidine rings is 1. The van der Waals surface area contributed by atoms with E-state index in [1.807, 2.05) is 43.3 Å². The highest BCUT2D eigenvalue weighted by atomic mass is 16.6. The first-order chi connectivity index (χ1) is 12.1. The Labute approximate surface area is 147 Å². The molecule has 0 unspecified atom stereocenters. The molecular weight excluding hydrogens is 320 g/mol. The fourth-order valence-corrected chi connectivity index (χ4v) is 3.60. The highest BCUT2D eigenvalue weighted by Crippen LogP contribution is 2.33. The van der Waals surface area contributed by atoms with E-state index in [1.54, 1.807) is 0 Å². The van der Waals surface area contributed by atoms with E-state index in [9.17, 15) is 4.79 Å². The molecule has 0 aromatic heterocycles. The van der Waals surface area contributed by atoms with Crippen LogP contribution in [0.3, 0.4) is 0 Å². The molecule has 25 heavy (non-hydrogen) atoms. The quantitative estimate of drug-likeness (QED) is 0.856. The summed E-state index contributed by atoms with van der Waals surface area (Å²) >= 11 is 0. The Morgan fingerprint density at radius 3 is 2.68 bits per heavy atom. The van der Waals surface area contributed by atoms with Crippen molar-refractivity contribution in [2.24, 2.45) is 4.99 Å². The first kappa shape index (κ1) is 16.2. The number of hydrogen-bond donors (Lipinski definition) is 1. The van der Waals surface area contributed by atoms with Crippen molar-refractivity contribution in [1.29, 1.82) is 0 Å². The summed E-state index contributed by atoms with van der Waals surface area (Å²) in [6.07, 6.45) is 1.49. The highest BCUT2D eigenvalue weighted by molar-refractivity contribution is 6.07. The molecule has 0 radical (unpaired) electrons. The lowest BCUT2D eigenvalue weighted by Gasteiger charge is -2.37. The molecule has 1 aromatic carbocycles. The van der Waals surface area contributed by atoms with E-state index >= 15 is 0 Å². The molecule has 3 aliphatic rings. The predicted molar refractivity (Wildman–Crippen MR) is 94.0 cm³/mol. The summed E-state index contributed by atoms with van der Waals surface area (Å²) in [5.41, 5.74) is -0.591. The summed E-state index contributed by atoms with van der Waals surface area (Å²) in [5, 5.41) is 2.89. The second-order valence-electron chi connectivity index (χ2n) is 7.11. The lowest BCUT2D eigenvalue weighted by atomic mass is 9.88. The van der Waals surface area contributed by atoms with Gasteiger partial charge in [0, 0.05) is 33.7 Å². The summed E-state index contributed by atoms with van der Waals surface area (Å²) < 4.78 is 11.8. The Hall–Kier alpha value is -2.28. The van der Waals surface area contributed by atoms with Crippen LogP contribution in [0.5, 0.6) is 11.5 Å². The smallest absolute Gasteiger partial charge is 0.254 e. The van der Waals surface area contributed by atoms with Gasteiger partial charge < -0.3 is 14.4 Å². The van der Waals surface area contributed by atoms with Crippen molar-refractivity contribution in [3.8, 4) is 11.5 Å². The van der Waals surface area contributed by atoms with Crippen LogP contribution in [0.4, 0.5) is 0 Å². The van der Waals surface area contributed by atoms with Crippen molar-refractivity contribution in [3.05, 3.63) is 24.3 Å². The van der Waals surface area contributed by atoms with E-state index in [0.717, 1.165) is 44.0 Å². The van der Waals surface area contributed by atoms with Crippen molar-refractivity contribution in [3.63, 3.8) is 0 Å². The average molecular weight is 344 g/mol. The van der Waals surface area contributed by atoms with Crippen LogP contribution >= 0.6 is 0 Å². The second-order valence-corrected chi connectivity index (χ2v) is 7.11. The molecule has 3 aliphatic heterocycles. The standard InChI is InChI=1S/C18H24N4O3/c1-21(2)17-19-16(23)18(20-17)7-9-22(10-8-18)11-13-12-24-14-5-3-4-6-15(14)25-13/h3-6,13H,7-12H2,1-2H3,(H,19,20,23)/t13-/m0/s1. The van der Waals surface area contributed by atoms with Gasteiger partial charge in [0.05, 0.1) is 0 Å². The molecular formula is C18H24N4O3. The number of carbonyl (C=O) groups excluding carboxylic acids is 1. The first-order valence-electron chi connectivity index (χ1n) is 8.75. The molecule has 1 spiro atoms. The average Bonchev–Trinajstić information content (AvgIpc) is 2.94. The molecule has 1 saturated heterocycles. The molecule has 4 rings (SSSR count). The number of carbonyl (C=O) groups is 1. The third kappa shape index (κ3) is 3.04. The molecule has 1 aromatic rings. The molecule has 1 N–H and O–H groups in total. The third-order valence-electron chi connectivity index (χ3n) is 5.10. The number of hydrogen-bond acceptors (Lipinski definition) is 6. The Morgan fingerprint density at radius 2 is 2.00 bits per heavy atom. The van der Waals surface area contributed by atoms with Gasteiger partial charge >= 0.3 is 0 Å². The maximum absolute atomic E-state index is 12.4. The molecule has 7 nitrogen and oxygen atoms in total. The van der Waals surface area contributed by atoms with Crippen molar-refractivity contribution in [1.82, 2.24) is 15.1 Å². The minimum absolute atomic E-state index is 0.0159. The number of nitrogens with zero attached hydrogens (tertiary/aromatic N) is 3. The second kappa shape index (κ2) is 6.22. The zero-order chi connectivity index (χ0) is 17.4. The monoisotopic (exact) mass is 344 g/mol. The number of rotatable bonds is 2. The van der Waals surface area contributed by atoms with E-state index < -0.39 is 5.54 Å². The number of amides is 1. The lowest BCUT2D eigenvalue weighted by Crippen LogP contribution is -2.51. The minimum Gasteiger partial charge on any atom is -0.486 e. The van der Waals surface area contributed by atoms with Gasteiger partial charge in [-0.2, -0.15) is 0 Å². The van der Waals surface area contributed by atoms with Crippen LogP contribution in [-0.2, 0) is 4.79 Å². The largest absolute Gasteiger partial charge is 0.486 e. The van der Waals surface area contributed by atoms with Gasteiger partial charge in [-0.15, -0.1) is 0 Å². The van der Waals surface area contributed by atoms with Gasteiger partial charge in [0.25, 0.3) is 5.91 Å². The summed E-state index contributed by atoms with van der Waals surface area (Å²) in [6, 6.07) is 7.76. The van der Waals surface area contributed by atoms with Gasteiger partial charge in [0.2, 0.25) is 5.96 Å². The summed E-state index contributed by atoms with van der Waals surface area (Å²) in [5.74, 6) is 2.31. The molecule has 7 heteroatoms. The maximum atomic E-state index is 12.4. The van der Waals surface area contributed by atoms with Crippen LogP contribution < -0.4 is 14.8 Å². The maximum Gasteiger partial charge on any atom is 0.254 e. The minimum atomic E-state index is -0.591. The van der Waals surface area contributed by atoms with Gasteiger partial charge in [-0.25, -0.2) is 4.99 Å². The number of aliphatic imine (C=N–C) groups is 1. The Kier molecular flexibility index (Phi) is 4.03. The zero-order valence-corrected chi connectivity index (χ0v) is 14.7. The highest BCUT2D eigenvalue weighted by Gasteiger charge is 2.46. The predicted octanol–water partition coefficient (Wildman–Crippen LogP) is 0.708. The molecule has 3 heterocycles. The summed E-state index contributed by atoms with van der Waals surface area (Å²) in [6.45, 7) is 3.02.